The van der Waals surface area contributed by atoms with E-state index in [1.807, 2.05) is 4.90 Å². The summed E-state index contributed by atoms with van der Waals surface area (Å²) in [5, 5.41) is 3.51. The first-order valence-corrected chi connectivity index (χ1v) is 8.14. The van der Waals surface area contributed by atoms with Crippen molar-refractivity contribution in [3.05, 3.63) is 0 Å². The summed E-state index contributed by atoms with van der Waals surface area (Å²) in [6.45, 7) is 5.03. The maximum atomic E-state index is 12.0. The molecule has 6 heteroatoms. The third-order valence-electron chi connectivity index (χ3n) is 4.70. The van der Waals surface area contributed by atoms with Gasteiger partial charge in [0, 0.05) is 44.9 Å². The van der Waals surface area contributed by atoms with Crippen LogP contribution in [0.2, 0.25) is 0 Å². The van der Waals surface area contributed by atoms with Crippen LogP contribution in [0.25, 0.3) is 0 Å². The molecule has 1 saturated carbocycles. The molecule has 3 rings (SSSR count). The van der Waals surface area contributed by atoms with Gasteiger partial charge in [-0.25, -0.2) is 0 Å². The quantitative estimate of drug-likeness (QED) is 0.819. The van der Waals surface area contributed by atoms with Crippen LogP contribution in [-0.4, -0.2) is 68.7 Å². The number of carbonyl (C=O) groups is 1. The Labute approximate surface area is 126 Å². The maximum Gasteiger partial charge on any atom is 0.224 e. The number of nitrogens with zero attached hydrogens (tertiary/aromatic N) is 1. The van der Waals surface area contributed by atoms with Crippen molar-refractivity contribution in [1.82, 2.24) is 10.2 Å². The first kappa shape index (κ1) is 15.2. The molecule has 0 radical (unpaired) electrons. The van der Waals surface area contributed by atoms with Crippen molar-refractivity contribution >= 4 is 5.91 Å². The Hall–Kier alpha value is -0.690. The van der Waals surface area contributed by atoms with Crippen molar-refractivity contribution in [2.75, 3.05) is 46.1 Å². The average Bonchev–Trinajstić information content (AvgIpc) is 2.98. The molecule has 1 spiro atoms. The molecular weight excluding hydrogens is 272 g/mol. The van der Waals surface area contributed by atoms with Gasteiger partial charge in [0.05, 0.1) is 26.4 Å². The normalized spacial score (nSPS) is 26.4. The van der Waals surface area contributed by atoms with Crippen molar-refractivity contribution < 1.29 is 19.0 Å². The molecule has 2 aliphatic heterocycles. The van der Waals surface area contributed by atoms with Crippen LogP contribution in [-0.2, 0) is 19.0 Å². The van der Waals surface area contributed by atoms with Gasteiger partial charge < -0.3 is 24.4 Å². The zero-order valence-corrected chi connectivity index (χ0v) is 12.6. The first-order chi connectivity index (χ1) is 10.3. The van der Waals surface area contributed by atoms with Crippen LogP contribution < -0.4 is 5.32 Å². The summed E-state index contributed by atoms with van der Waals surface area (Å²) in [4.78, 5) is 13.9. The fraction of sp³-hybridized carbons (Fsp3) is 0.933. The Morgan fingerprint density at radius 3 is 2.43 bits per heavy atom. The number of ether oxygens (including phenoxy) is 3. The molecule has 120 valence electrons. The number of rotatable bonds is 4. The minimum atomic E-state index is -0.290. The second-order valence-electron chi connectivity index (χ2n) is 6.08. The number of hydrogen-bond donors (Lipinski definition) is 1. The van der Waals surface area contributed by atoms with E-state index in [1.165, 1.54) is 0 Å². The molecule has 21 heavy (non-hydrogen) atoms. The summed E-state index contributed by atoms with van der Waals surface area (Å²) in [6, 6.07) is 0.487. The van der Waals surface area contributed by atoms with Crippen LogP contribution in [0, 0.1) is 0 Å². The molecule has 0 aromatic rings. The summed E-state index contributed by atoms with van der Waals surface area (Å²) in [5.74, 6) is -0.0533. The molecule has 0 aromatic carbocycles. The second kappa shape index (κ2) is 7.05. The molecule has 0 bridgehead atoms. The zero-order chi connectivity index (χ0) is 14.5. The van der Waals surface area contributed by atoms with E-state index >= 15 is 0 Å². The van der Waals surface area contributed by atoms with Gasteiger partial charge in [-0.05, 0) is 12.8 Å². The Bertz CT molecular complexity index is 342. The monoisotopic (exact) mass is 298 g/mol. The Kier molecular flexibility index (Phi) is 5.11. The molecule has 1 N–H and O–H groups in total. The van der Waals surface area contributed by atoms with Crippen LogP contribution in [0.4, 0.5) is 0 Å². The van der Waals surface area contributed by atoms with E-state index in [4.69, 9.17) is 14.2 Å². The predicted octanol–water partition coefficient (Wildman–Crippen LogP) is 0.511. The number of amides is 1. The molecule has 1 amide bonds. The van der Waals surface area contributed by atoms with Gasteiger partial charge in [0.2, 0.25) is 5.91 Å². The minimum Gasteiger partial charge on any atom is -0.378 e. The van der Waals surface area contributed by atoms with E-state index < -0.39 is 0 Å². The van der Waals surface area contributed by atoms with E-state index in [-0.39, 0.29) is 11.7 Å². The number of morpholine rings is 1. The zero-order valence-electron chi connectivity index (χ0n) is 12.6. The first-order valence-electron chi connectivity index (χ1n) is 8.14. The highest BCUT2D eigenvalue weighted by molar-refractivity contribution is 5.76. The minimum absolute atomic E-state index is 0.237. The molecule has 0 unspecified atom stereocenters. The van der Waals surface area contributed by atoms with Gasteiger partial charge in [-0.3, -0.25) is 4.79 Å². The molecule has 2 heterocycles. The third-order valence-corrected chi connectivity index (χ3v) is 4.70. The fourth-order valence-electron chi connectivity index (χ4n) is 3.40. The molecule has 0 atom stereocenters. The van der Waals surface area contributed by atoms with E-state index in [2.05, 4.69) is 5.32 Å². The Morgan fingerprint density at radius 2 is 1.76 bits per heavy atom. The lowest BCUT2D eigenvalue weighted by molar-refractivity contribution is -0.179. The summed E-state index contributed by atoms with van der Waals surface area (Å²) in [7, 11) is 0. The SMILES string of the molecule is O=C(CCNC1CCC2(CC1)OCCO2)N1CCOCC1. The molecule has 0 aromatic heterocycles. The highest BCUT2D eigenvalue weighted by Crippen LogP contribution is 2.35. The highest BCUT2D eigenvalue weighted by Gasteiger charge is 2.40. The van der Waals surface area contributed by atoms with Gasteiger partial charge in [0.1, 0.15) is 0 Å². The van der Waals surface area contributed by atoms with Gasteiger partial charge in [-0.1, -0.05) is 0 Å². The molecule has 6 nitrogen and oxygen atoms in total. The fourth-order valence-corrected chi connectivity index (χ4v) is 3.40. The largest absolute Gasteiger partial charge is 0.378 e. The number of carbonyl (C=O) groups excluding carboxylic acids is 1. The third kappa shape index (κ3) is 3.94. The standard InChI is InChI=1S/C15H26N2O4/c18-14(17-7-9-19-10-8-17)3-6-16-13-1-4-15(5-2-13)20-11-12-21-15/h13,16H,1-12H2. The average molecular weight is 298 g/mol. The van der Waals surface area contributed by atoms with E-state index in [9.17, 15) is 4.79 Å². The highest BCUT2D eigenvalue weighted by atomic mass is 16.7. The van der Waals surface area contributed by atoms with Crippen LogP contribution in [0.15, 0.2) is 0 Å². The van der Waals surface area contributed by atoms with Crippen molar-refractivity contribution in [3.63, 3.8) is 0 Å². The maximum absolute atomic E-state index is 12.0. The van der Waals surface area contributed by atoms with Crippen molar-refractivity contribution in [2.45, 2.75) is 43.9 Å². The summed E-state index contributed by atoms with van der Waals surface area (Å²) >= 11 is 0. The molecule has 3 fully saturated rings. The molecular formula is C15H26N2O4. The van der Waals surface area contributed by atoms with Gasteiger partial charge in [-0.2, -0.15) is 0 Å². The van der Waals surface area contributed by atoms with Crippen LogP contribution in [0.3, 0.4) is 0 Å². The van der Waals surface area contributed by atoms with Gasteiger partial charge >= 0.3 is 0 Å². The van der Waals surface area contributed by atoms with E-state index in [0.717, 1.165) is 58.5 Å². The number of nitrogens with one attached hydrogen (secondary N) is 1. The summed E-state index contributed by atoms with van der Waals surface area (Å²) in [5.41, 5.74) is 0. The van der Waals surface area contributed by atoms with Crippen LogP contribution in [0.5, 0.6) is 0 Å². The topological polar surface area (TPSA) is 60.0 Å². The van der Waals surface area contributed by atoms with Crippen molar-refractivity contribution in [2.24, 2.45) is 0 Å². The Morgan fingerprint density at radius 1 is 1.10 bits per heavy atom. The lowest BCUT2D eigenvalue weighted by Gasteiger charge is -2.35. The predicted molar refractivity (Wildman–Crippen MR) is 76.9 cm³/mol. The van der Waals surface area contributed by atoms with E-state index in [0.29, 0.717) is 25.7 Å². The molecule has 1 aliphatic carbocycles. The summed E-state index contributed by atoms with van der Waals surface area (Å²) in [6.07, 6.45) is 4.62. The van der Waals surface area contributed by atoms with Crippen molar-refractivity contribution in [1.29, 1.82) is 0 Å². The molecule has 3 aliphatic rings. The van der Waals surface area contributed by atoms with Crippen molar-refractivity contribution in [3.8, 4) is 0 Å². The molecule has 2 saturated heterocycles. The van der Waals surface area contributed by atoms with E-state index in [1.54, 1.807) is 0 Å². The van der Waals surface area contributed by atoms with Crippen LogP contribution in [0.1, 0.15) is 32.1 Å². The lowest BCUT2D eigenvalue weighted by Crippen LogP contribution is -2.44. The number of hydrogen-bond acceptors (Lipinski definition) is 5. The Balaban J connectivity index is 1.32. The smallest absolute Gasteiger partial charge is 0.224 e. The van der Waals surface area contributed by atoms with Gasteiger partial charge in [0.15, 0.2) is 5.79 Å². The lowest BCUT2D eigenvalue weighted by atomic mass is 9.90. The van der Waals surface area contributed by atoms with Crippen LogP contribution >= 0.6 is 0 Å². The van der Waals surface area contributed by atoms with Gasteiger partial charge in [0.25, 0.3) is 0 Å². The van der Waals surface area contributed by atoms with Gasteiger partial charge in [-0.15, -0.1) is 0 Å². The summed E-state index contributed by atoms with van der Waals surface area (Å²) < 4.78 is 16.7. The second-order valence-corrected chi connectivity index (χ2v) is 6.08.